The summed E-state index contributed by atoms with van der Waals surface area (Å²) in [5.41, 5.74) is 1.96. The fourth-order valence-electron chi connectivity index (χ4n) is 1.50. The summed E-state index contributed by atoms with van der Waals surface area (Å²) in [5.74, 6) is -0.959. The number of benzene rings is 1. The summed E-state index contributed by atoms with van der Waals surface area (Å²) < 4.78 is 5.20. The van der Waals surface area contributed by atoms with Gasteiger partial charge in [-0.1, -0.05) is 11.6 Å². The number of hydrogen-bond acceptors (Lipinski definition) is 3. The van der Waals surface area contributed by atoms with Crippen LogP contribution in [0, 0.1) is 13.8 Å². The molecule has 0 bridgehead atoms. The quantitative estimate of drug-likeness (QED) is 0.889. The van der Waals surface area contributed by atoms with E-state index in [2.05, 4.69) is 4.98 Å². The van der Waals surface area contributed by atoms with Crippen molar-refractivity contribution in [1.82, 2.24) is 4.98 Å². The first-order valence-electron chi connectivity index (χ1n) is 4.96. The Morgan fingerprint density at radius 2 is 2.12 bits per heavy atom. The fourth-order valence-corrected chi connectivity index (χ4v) is 1.61. The number of rotatable bonds is 2. The molecule has 0 fully saturated rings. The van der Waals surface area contributed by atoms with Crippen LogP contribution >= 0.6 is 11.6 Å². The van der Waals surface area contributed by atoms with E-state index in [1.165, 1.54) is 0 Å². The predicted molar refractivity (Wildman–Crippen MR) is 63.4 cm³/mol. The van der Waals surface area contributed by atoms with Gasteiger partial charge in [-0.25, -0.2) is 9.78 Å². The Labute approximate surface area is 103 Å². The molecule has 0 saturated carbocycles. The Bertz CT molecular complexity index is 589. The van der Waals surface area contributed by atoms with Gasteiger partial charge < -0.3 is 9.52 Å². The Morgan fingerprint density at radius 3 is 2.65 bits per heavy atom. The van der Waals surface area contributed by atoms with Gasteiger partial charge in [-0.15, -0.1) is 0 Å². The third kappa shape index (κ3) is 2.17. The number of nitrogens with zero attached hydrogens (tertiary/aromatic N) is 1. The van der Waals surface area contributed by atoms with Crippen LogP contribution < -0.4 is 0 Å². The Hall–Kier alpha value is -1.81. The lowest BCUT2D eigenvalue weighted by molar-refractivity contribution is 0.0662. The SMILES string of the molecule is Cc1cc(-c2nc(C)c(C(=O)O)o2)ccc1Cl. The summed E-state index contributed by atoms with van der Waals surface area (Å²) in [5, 5.41) is 9.52. The zero-order chi connectivity index (χ0) is 12.6. The van der Waals surface area contributed by atoms with Gasteiger partial charge in [-0.05, 0) is 37.6 Å². The summed E-state index contributed by atoms with van der Waals surface area (Å²) in [6, 6.07) is 5.28. The van der Waals surface area contributed by atoms with E-state index in [1.54, 1.807) is 25.1 Å². The van der Waals surface area contributed by atoms with E-state index >= 15 is 0 Å². The number of aromatic carboxylic acids is 1. The number of aryl methyl sites for hydroxylation is 2. The number of carbonyl (C=O) groups is 1. The van der Waals surface area contributed by atoms with Gasteiger partial charge in [-0.3, -0.25) is 0 Å². The molecular formula is C12H10ClNO3. The average molecular weight is 252 g/mol. The van der Waals surface area contributed by atoms with E-state index in [1.807, 2.05) is 6.92 Å². The summed E-state index contributed by atoms with van der Waals surface area (Å²) in [6.07, 6.45) is 0. The maximum atomic E-state index is 10.8. The van der Waals surface area contributed by atoms with Crippen molar-refractivity contribution in [2.45, 2.75) is 13.8 Å². The van der Waals surface area contributed by atoms with Gasteiger partial charge in [0.1, 0.15) is 0 Å². The standard InChI is InChI=1S/C12H10ClNO3/c1-6-5-8(3-4-9(6)13)11-14-7(2)10(17-11)12(15)16/h3-5H,1-2H3,(H,15,16). The van der Waals surface area contributed by atoms with E-state index in [4.69, 9.17) is 21.1 Å². The Morgan fingerprint density at radius 1 is 1.41 bits per heavy atom. The van der Waals surface area contributed by atoms with Crippen molar-refractivity contribution < 1.29 is 14.3 Å². The smallest absolute Gasteiger partial charge is 0.373 e. The van der Waals surface area contributed by atoms with Crippen molar-refractivity contribution in [2.24, 2.45) is 0 Å². The van der Waals surface area contributed by atoms with Crippen molar-refractivity contribution in [2.75, 3.05) is 0 Å². The highest BCUT2D eigenvalue weighted by Gasteiger charge is 2.17. The first-order chi connectivity index (χ1) is 7.99. The van der Waals surface area contributed by atoms with Crippen LogP contribution in [0.1, 0.15) is 21.8 Å². The van der Waals surface area contributed by atoms with Gasteiger partial charge in [0.25, 0.3) is 0 Å². The monoisotopic (exact) mass is 251 g/mol. The lowest BCUT2D eigenvalue weighted by Crippen LogP contribution is -1.95. The highest BCUT2D eigenvalue weighted by Crippen LogP contribution is 2.25. The third-order valence-corrected chi connectivity index (χ3v) is 2.82. The van der Waals surface area contributed by atoms with Gasteiger partial charge in [-0.2, -0.15) is 0 Å². The molecular weight excluding hydrogens is 242 g/mol. The molecule has 0 aliphatic rings. The zero-order valence-electron chi connectivity index (χ0n) is 9.32. The van der Waals surface area contributed by atoms with Crippen LogP contribution in [0.5, 0.6) is 0 Å². The number of halogens is 1. The minimum Gasteiger partial charge on any atom is -0.475 e. The second-order valence-electron chi connectivity index (χ2n) is 3.70. The largest absolute Gasteiger partial charge is 0.475 e. The second kappa shape index (κ2) is 4.22. The van der Waals surface area contributed by atoms with Crippen molar-refractivity contribution in [3.63, 3.8) is 0 Å². The molecule has 0 saturated heterocycles. The maximum Gasteiger partial charge on any atom is 0.373 e. The number of oxazole rings is 1. The van der Waals surface area contributed by atoms with Crippen LogP contribution in [-0.2, 0) is 0 Å². The van der Waals surface area contributed by atoms with Crippen LogP contribution in [-0.4, -0.2) is 16.1 Å². The summed E-state index contributed by atoms with van der Waals surface area (Å²) in [6.45, 7) is 3.46. The number of carboxylic acids is 1. The molecule has 1 aromatic heterocycles. The second-order valence-corrected chi connectivity index (χ2v) is 4.11. The Balaban J connectivity index is 2.50. The minimum atomic E-state index is -1.12. The van der Waals surface area contributed by atoms with Crippen LogP contribution in [0.2, 0.25) is 5.02 Å². The molecule has 0 radical (unpaired) electrons. The van der Waals surface area contributed by atoms with E-state index in [0.717, 1.165) is 5.56 Å². The maximum absolute atomic E-state index is 10.8. The average Bonchev–Trinajstić information content (AvgIpc) is 2.64. The predicted octanol–water partition coefficient (Wildman–Crippen LogP) is 3.31. The van der Waals surface area contributed by atoms with Crippen LogP contribution in [0.25, 0.3) is 11.5 Å². The first kappa shape index (κ1) is 11.7. The van der Waals surface area contributed by atoms with Gasteiger partial charge >= 0.3 is 5.97 Å². The third-order valence-electron chi connectivity index (χ3n) is 2.40. The molecule has 0 unspecified atom stereocenters. The lowest BCUT2D eigenvalue weighted by atomic mass is 10.1. The topological polar surface area (TPSA) is 63.3 Å². The van der Waals surface area contributed by atoms with E-state index in [-0.39, 0.29) is 5.76 Å². The number of carboxylic acid groups (broad SMARTS) is 1. The van der Waals surface area contributed by atoms with Gasteiger partial charge in [0.05, 0.1) is 5.69 Å². The minimum absolute atomic E-state index is 0.132. The summed E-state index contributed by atoms with van der Waals surface area (Å²) >= 11 is 5.91. The molecule has 5 heteroatoms. The van der Waals surface area contributed by atoms with Crippen LogP contribution in [0.4, 0.5) is 0 Å². The molecule has 88 valence electrons. The molecule has 0 spiro atoms. The number of aromatic nitrogens is 1. The molecule has 1 N–H and O–H groups in total. The van der Waals surface area contributed by atoms with Gasteiger partial charge in [0.2, 0.25) is 11.7 Å². The molecule has 2 aromatic rings. The molecule has 0 atom stereocenters. The molecule has 17 heavy (non-hydrogen) atoms. The fraction of sp³-hybridized carbons (Fsp3) is 0.167. The van der Waals surface area contributed by atoms with Crippen molar-refractivity contribution >= 4 is 17.6 Å². The normalized spacial score (nSPS) is 10.5. The van der Waals surface area contributed by atoms with Crippen molar-refractivity contribution in [3.8, 4) is 11.5 Å². The molecule has 0 aliphatic heterocycles. The molecule has 2 rings (SSSR count). The Kier molecular flexibility index (Phi) is 2.90. The first-order valence-corrected chi connectivity index (χ1v) is 5.34. The van der Waals surface area contributed by atoms with Crippen LogP contribution in [0.3, 0.4) is 0 Å². The summed E-state index contributed by atoms with van der Waals surface area (Å²) in [7, 11) is 0. The zero-order valence-corrected chi connectivity index (χ0v) is 10.1. The van der Waals surface area contributed by atoms with Gasteiger partial charge in [0.15, 0.2) is 0 Å². The molecule has 1 heterocycles. The molecule has 4 nitrogen and oxygen atoms in total. The van der Waals surface area contributed by atoms with E-state index in [9.17, 15) is 4.79 Å². The molecule has 0 aliphatic carbocycles. The molecule has 0 amide bonds. The van der Waals surface area contributed by atoms with Gasteiger partial charge in [0, 0.05) is 10.6 Å². The van der Waals surface area contributed by atoms with Crippen molar-refractivity contribution in [1.29, 1.82) is 0 Å². The highest BCUT2D eigenvalue weighted by molar-refractivity contribution is 6.31. The number of hydrogen-bond donors (Lipinski definition) is 1. The molecule has 1 aromatic carbocycles. The van der Waals surface area contributed by atoms with E-state index < -0.39 is 5.97 Å². The lowest BCUT2D eigenvalue weighted by Gasteiger charge is -1.99. The van der Waals surface area contributed by atoms with E-state index in [0.29, 0.717) is 22.2 Å². The van der Waals surface area contributed by atoms with Crippen molar-refractivity contribution in [3.05, 3.63) is 40.2 Å². The van der Waals surface area contributed by atoms with Crippen LogP contribution in [0.15, 0.2) is 22.6 Å². The summed E-state index contributed by atoms with van der Waals surface area (Å²) in [4.78, 5) is 14.9. The highest BCUT2D eigenvalue weighted by atomic mass is 35.5.